The van der Waals surface area contributed by atoms with Gasteiger partial charge >= 0.3 is 0 Å². The molecule has 0 saturated carbocycles. The molecule has 3 nitrogen and oxygen atoms in total. The topological polar surface area (TPSA) is 38.9 Å². The highest BCUT2D eigenvalue weighted by Crippen LogP contribution is 2.21. The van der Waals surface area contributed by atoms with Crippen LogP contribution in [0.2, 0.25) is 0 Å². The zero-order valence-electron chi connectivity index (χ0n) is 8.03. The molecular weight excluding hydrogens is 164 g/mol. The number of nitrogens with zero attached hydrogens (tertiary/aromatic N) is 2. The largest absolute Gasteiger partial charge is 0.442 e. The van der Waals surface area contributed by atoms with Gasteiger partial charge in [-0.2, -0.15) is 4.98 Å². The van der Waals surface area contributed by atoms with E-state index in [0.717, 1.165) is 11.3 Å². The second-order valence-electron chi connectivity index (χ2n) is 4.12. The van der Waals surface area contributed by atoms with Crippen molar-refractivity contribution < 1.29 is 4.42 Å². The first-order chi connectivity index (χ1) is 6.07. The summed E-state index contributed by atoms with van der Waals surface area (Å²) in [6, 6.07) is 3.89. The van der Waals surface area contributed by atoms with Crippen molar-refractivity contribution in [2.75, 3.05) is 0 Å². The van der Waals surface area contributed by atoms with Crippen molar-refractivity contribution in [3.8, 4) is 0 Å². The molecule has 0 aliphatic carbocycles. The first-order valence-electron chi connectivity index (χ1n) is 4.28. The Hall–Kier alpha value is -1.38. The van der Waals surface area contributed by atoms with Gasteiger partial charge in [0, 0.05) is 11.1 Å². The molecule has 0 aliphatic heterocycles. The van der Waals surface area contributed by atoms with Gasteiger partial charge in [-0.15, -0.1) is 0 Å². The first-order valence-corrected chi connectivity index (χ1v) is 4.28. The molecule has 0 radical (unpaired) electrons. The summed E-state index contributed by atoms with van der Waals surface area (Å²) in [4.78, 5) is 8.42. The summed E-state index contributed by atoms with van der Waals surface area (Å²) in [5, 5.41) is 0. The maximum Gasteiger partial charge on any atom is 0.198 e. The van der Waals surface area contributed by atoms with E-state index in [9.17, 15) is 0 Å². The molecule has 0 N–H and O–H groups in total. The predicted octanol–water partition coefficient (Wildman–Crippen LogP) is 2.52. The number of pyridine rings is 1. The number of oxazole rings is 1. The second-order valence-corrected chi connectivity index (χ2v) is 4.12. The van der Waals surface area contributed by atoms with E-state index < -0.39 is 0 Å². The van der Waals surface area contributed by atoms with Crippen LogP contribution in [0.1, 0.15) is 26.5 Å². The third-order valence-electron chi connectivity index (χ3n) is 1.96. The summed E-state index contributed by atoms with van der Waals surface area (Å²) < 4.78 is 5.11. The number of aromatic nitrogens is 2. The van der Waals surface area contributed by atoms with Crippen LogP contribution in [-0.4, -0.2) is 9.97 Å². The van der Waals surface area contributed by atoms with Gasteiger partial charge in [-0.1, -0.05) is 20.8 Å². The van der Waals surface area contributed by atoms with E-state index in [4.69, 9.17) is 4.42 Å². The molecule has 2 aromatic heterocycles. The van der Waals surface area contributed by atoms with Gasteiger partial charge in [0.05, 0.1) is 0 Å². The van der Waals surface area contributed by atoms with Crippen LogP contribution in [0.25, 0.3) is 11.2 Å². The molecule has 0 aromatic carbocycles. The molecule has 0 atom stereocenters. The van der Waals surface area contributed by atoms with E-state index in [1.54, 1.807) is 0 Å². The fourth-order valence-electron chi connectivity index (χ4n) is 1.17. The van der Waals surface area contributed by atoms with Crippen LogP contribution in [0.5, 0.6) is 0 Å². The molecule has 2 aromatic rings. The van der Waals surface area contributed by atoms with Crippen molar-refractivity contribution in [2.45, 2.75) is 26.2 Å². The number of rotatable bonds is 0. The molecule has 2 heterocycles. The Kier molecular flexibility index (Phi) is 1.62. The van der Waals surface area contributed by atoms with Gasteiger partial charge in [-0.3, -0.25) is 0 Å². The molecule has 0 amide bonds. The summed E-state index contributed by atoms with van der Waals surface area (Å²) in [7, 11) is 0. The Labute approximate surface area is 76.8 Å². The van der Waals surface area contributed by atoms with Crippen LogP contribution in [0, 0.1) is 0 Å². The average molecular weight is 176 g/mol. The summed E-state index contributed by atoms with van der Waals surface area (Å²) in [6.07, 6.45) is 1.42. The van der Waals surface area contributed by atoms with Gasteiger partial charge in [0.1, 0.15) is 0 Å². The lowest BCUT2D eigenvalue weighted by Gasteiger charge is -2.16. The molecule has 0 fully saturated rings. The van der Waals surface area contributed by atoms with Gasteiger partial charge in [0.15, 0.2) is 17.6 Å². The van der Waals surface area contributed by atoms with Gasteiger partial charge in [-0.25, -0.2) is 4.98 Å². The monoisotopic (exact) mass is 176 g/mol. The lowest BCUT2D eigenvalue weighted by atomic mass is 9.92. The van der Waals surface area contributed by atoms with E-state index in [1.807, 2.05) is 12.1 Å². The van der Waals surface area contributed by atoms with Crippen LogP contribution >= 0.6 is 0 Å². The number of fused-ring (bicyclic) bond motifs is 1. The van der Waals surface area contributed by atoms with E-state index >= 15 is 0 Å². The van der Waals surface area contributed by atoms with Gasteiger partial charge in [-0.05, 0) is 12.1 Å². The predicted molar refractivity (Wildman–Crippen MR) is 50.5 cm³/mol. The molecule has 2 rings (SSSR count). The van der Waals surface area contributed by atoms with Gasteiger partial charge in [0.25, 0.3) is 0 Å². The van der Waals surface area contributed by atoms with Crippen molar-refractivity contribution in [3.05, 3.63) is 24.2 Å². The maximum absolute atomic E-state index is 5.11. The third-order valence-corrected chi connectivity index (χ3v) is 1.96. The molecule has 0 aliphatic rings. The highest BCUT2D eigenvalue weighted by Gasteiger charge is 2.16. The molecular formula is C10H12N2O. The lowest BCUT2D eigenvalue weighted by molar-refractivity contribution is 0.569. The molecule has 13 heavy (non-hydrogen) atoms. The highest BCUT2D eigenvalue weighted by molar-refractivity contribution is 5.67. The van der Waals surface area contributed by atoms with Crippen LogP contribution < -0.4 is 0 Å². The normalized spacial score (nSPS) is 12.2. The van der Waals surface area contributed by atoms with Crippen molar-refractivity contribution in [2.24, 2.45) is 0 Å². The van der Waals surface area contributed by atoms with Crippen molar-refractivity contribution in [3.63, 3.8) is 0 Å². The molecule has 0 saturated heterocycles. The van der Waals surface area contributed by atoms with E-state index in [0.29, 0.717) is 5.65 Å². The van der Waals surface area contributed by atoms with Crippen molar-refractivity contribution in [1.29, 1.82) is 0 Å². The summed E-state index contributed by atoms with van der Waals surface area (Å²) in [6.45, 7) is 6.38. The summed E-state index contributed by atoms with van der Waals surface area (Å²) in [5.74, 6) is 0. The van der Waals surface area contributed by atoms with E-state index in [2.05, 4.69) is 30.7 Å². The smallest absolute Gasteiger partial charge is 0.198 e. The SMILES string of the molecule is CC(C)(C)c1ccc2ocnc2n1. The fraction of sp³-hybridized carbons (Fsp3) is 0.400. The minimum absolute atomic E-state index is 0.0626. The zero-order valence-corrected chi connectivity index (χ0v) is 8.03. The molecule has 0 spiro atoms. The third kappa shape index (κ3) is 1.41. The standard InChI is InChI=1S/C10H12N2O/c1-10(2,3)8-5-4-7-9(12-8)11-6-13-7/h4-6H,1-3H3. The minimum atomic E-state index is 0.0626. The Morgan fingerprint density at radius 1 is 1.23 bits per heavy atom. The lowest BCUT2D eigenvalue weighted by Crippen LogP contribution is -2.13. The quantitative estimate of drug-likeness (QED) is 0.619. The van der Waals surface area contributed by atoms with Crippen molar-refractivity contribution >= 4 is 11.2 Å². The first kappa shape index (κ1) is 8.23. The zero-order chi connectivity index (χ0) is 9.47. The molecule has 0 bridgehead atoms. The number of hydrogen-bond acceptors (Lipinski definition) is 3. The Morgan fingerprint density at radius 2 is 2.00 bits per heavy atom. The minimum Gasteiger partial charge on any atom is -0.442 e. The van der Waals surface area contributed by atoms with E-state index in [1.165, 1.54) is 6.39 Å². The van der Waals surface area contributed by atoms with Crippen molar-refractivity contribution in [1.82, 2.24) is 9.97 Å². The molecule has 0 unspecified atom stereocenters. The highest BCUT2D eigenvalue weighted by atomic mass is 16.3. The van der Waals surface area contributed by atoms with Crippen LogP contribution in [-0.2, 0) is 5.41 Å². The fourth-order valence-corrected chi connectivity index (χ4v) is 1.17. The molecule has 3 heteroatoms. The van der Waals surface area contributed by atoms with Crippen LogP contribution in [0.15, 0.2) is 22.9 Å². The Morgan fingerprint density at radius 3 is 2.69 bits per heavy atom. The van der Waals surface area contributed by atoms with Crippen LogP contribution in [0.4, 0.5) is 0 Å². The van der Waals surface area contributed by atoms with Crippen LogP contribution in [0.3, 0.4) is 0 Å². The Bertz CT molecular complexity index is 426. The average Bonchev–Trinajstić information content (AvgIpc) is 2.47. The summed E-state index contributed by atoms with van der Waals surface area (Å²) >= 11 is 0. The van der Waals surface area contributed by atoms with E-state index in [-0.39, 0.29) is 5.41 Å². The second kappa shape index (κ2) is 2.55. The number of hydrogen-bond donors (Lipinski definition) is 0. The maximum atomic E-state index is 5.11. The Balaban J connectivity index is 2.61. The summed E-state index contributed by atoms with van der Waals surface area (Å²) in [5.41, 5.74) is 2.53. The van der Waals surface area contributed by atoms with Gasteiger partial charge < -0.3 is 4.42 Å². The molecule has 68 valence electrons. The van der Waals surface area contributed by atoms with Gasteiger partial charge in [0.2, 0.25) is 0 Å².